The molecule has 5 N–H and O–H groups in total. The largest absolute Gasteiger partial charge is 0.393 e. The van der Waals surface area contributed by atoms with Gasteiger partial charge in [-0.2, -0.15) is 0 Å². The Balaban J connectivity index is 2.06. The third kappa shape index (κ3) is 3.84. The number of hydrogen-bond donors (Lipinski definition) is 3. The zero-order valence-corrected chi connectivity index (χ0v) is 13.3. The molecule has 1 aromatic heterocycles. The van der Waals surface area contributed by atoms with Gasteiger partial charge in [-0.1, -0.05) is 11.3 Å². The van der Waals surface area contributed by atoms with Gasteiger partial charge in [-0.25, -0.2) is 4.98 Å². The molecule has 2 unspecified atom stereocenters. The third-order valence-corrected chi connectivity index (χ3v) is 4.68. The van der Waals surface area contributed by atoms with Crippen molar-refractivity contribution >= 4 is 28.2 Å². The van der Waals surface area contributed by atoms with E-state index in [9.17, 15) is 9.90 Å². The average molecular weight is 313 g/mol. The van der Waals surface area contributed by atoms with E-state index in [1.165, 1.54) is 11.3 Å². The quantitative estimate of drug-likeness (QED) is 0.712. The Morgan fingerprint density at radius 3 is 2.95 bits per heavy atom. The summed E-state index contributed by atoms with van der Waals surface area (Å²) in [6.45, 7) is 3.78. The van der Waals surface area contributed by atoms with Crippen LogP contribution in [0.1, 0.15) is 29.4 Å². The van der Waals surface area contributed by atoms with E-state index in [2.05, 4.69) is 9.88 Å². The number of aromatic nitrogens is 1. The molecule has 7 nitrogen and oxygen atoms in total. The van der Waals surface area contributed by atoms with Gasteiger partial charge in [0.25, 0.3) is 5.91 Å². The molecule has 1 fully saturated rings. The topological polar surface area (TPSA) is 109 Å². The number of rotatable bonds is 5. The normalized spacial score (nSPS) is 19.8. The van der Waals surface area contributed by atoms with Gasteiger partial charge >= 0.3 is 0 Å². The van der Waals surface area contributed by atoms with Crippen LogP contribution in [0.2, 0.25) is 0 Å². The Labute approximate surface area is 128 Å². The van der Waals surface area contributed by atoms with Crippen LogP contribution in [0.3, 0.4) is 0 Å². The minimum atomic E-state index is -0.430. The molecule has 2 atom stereocenters. The number of hydrogen-bond acceptors (Lipinski definition) is 7. The predicted octanol–water partition coefficient (Wildman–Crippen LogP) is 0.106. The molecular formula is C13H23N5O2S. The number of nitrogens with zero attached hydrogens (tertiary/aromatic N) is 3. The van der Waals surface area contributed by atoms with Crippen LogP contribution in [0.4, 0.5) is 10.9 Å². The molecule has 1 aliphatic rings. The molecule has 1 aliphatic heterocycles. The molecule has 0 bridgehead atoms. The van der Waals surface area contributed by atoms with Crippen LogP contribution in [0.5, 0.6) is 0 Å². The second kappa shape index (κ2) is 6.59. The second-order valence-corrected chi connectivity index (χ2v) is 6.55. The van der Waals surface area contributed by atoms with Crippen LogP contribution >= 0.6 is 11.3 Å². The van der Waals surface area contributed by atoms with Crippen LogP contribution in [0.25, 0.3) is 0 Å². The lowest BCUT2D eigenvalue weighted by molar-refractivity contribution is 0.0774. The smallest absolute Gasteiger partial charge is 0.267 e. The van der Waals surface area contributed by atoms with E-state index in [0.29, 0.717) is 17.8 Å². The van der Waals surface area contributed by atoms with Crippen molar-refractivity contribution in [1.82, 2.24) is 9.88 Å². The Hall–Kier alpha value is -1.38. The molecule has 0 saturated carbocycles. The first-order valence-electron chi connectivity index (χ1n) is 7.08. The van der Waals surface area contributed by atoms with Gasteiger partial charge < -0.3 is 26.4 Å². The summed E-state index contributed by atoms with van der Waals surface area (Å²) in [6.07, 6.45) is 1.03. The number of amides is 1. The standard InChI is InChI=1S/C13H23N5O2S/c1-8(19)3-5-17(2)12(20)10-11(15)16-13(21-10)18-6-4-9(14)7-18/h8-9,19H,3-7,14-15H2,1-2H3. The number of carbonyl (C=O) groups is 1. The molecule has 118 valence electrons. The summed E-state index contributed by atoms with van der Waals surface area (Å²) >= 11 is 1.31. The van der Waals surface area contributed by atoms with Gasteiger partial charge in [0, 0.05) is 32.7 Å². The van der Waals surface area contributed by atoms with Gasteiger partial charge in [-0.3, -0.25) is 4.79 Å². The fourth-order valence-electron chi connectivity index (χ4n) is 2.23. The van der Waals surface area contributed by atoms with Crippen molar-refractivity contribution in [3.8, 4) is 0 Å². The Kier molecular flexibility index (Phi) is 5.02. The predicted molar refractivity (Wildman–Crippen MR) is 84.6 cm³/mol. The molecule has 0 aliphatic carbocycles. The molecule has 0 radical (unpaired) electrons. The number of nitrogen functional groups attached to an aromatic ring is 1. The molecule has 1 aromatic rings. The zero-order valence-electron chi connectivity index (χ0n) is 12.5. The van der Waals surface area contributed by atoms with E-state index in [1.807, 2.05) is 0 Å². The maximum atomic E-state index is 12.4. The first-order chi connectivity index (χ1) is 9.88. The summed E-state index contributed by atoms with van der Waals surface area (Å²) in [7, 11) is 1.70. The summed E-state index contributed by atoms with van der Waals surface area (Å²) in [5.41, 5.74) is 11.8. The fourth-order valence-corrected chi connectivity index (χ4v) is 3.24. The summed E-state index contributed by atoms with van der Waals surface area (Å²) in [5, 5.41) is 10.0. The van der Waals surface area contributed by atoms with Gasteiger partial charge in [-0.15, -0.1) is 0 Å². The molecule has 1 amide bonds. The SMILES string of the molecule is CC(O)CCN(C)C(=O)c1sc(N2CCC(N)C2)nc1N. The van der Waals surface area contributed by atoms with E-state index in [1.54, 1.807) is 18.9 Å². The molecule has 0 spiro atoms. The maximum Gasteiger partial charge on any atom is 0.267 e. The van der Waals surface area contributed by atoms with E-state index in [0.717, 1.165) is 24.6 Å². The second-order valence-electron chi connectivity index (χ2n) is 5.57. The third-order valence-electron chi connectivity index (χ3n) is 3.56. The fraction of sp³-hybridized carbons (Fsp3) is 0.692. The van der Waals surface area contributed by atoms with Crippen molar-refractivity contribution in [3.63, 3.8) is 0 Å². The highest BCUT2D eigenvalue weighted by Gasteiger charge is 2.26. The highest BCUT2D eigenvalue weighted by Crippen LogP contribution is 2.30. The minimum Gasteiger partial charge on any atom is -0.393 e. The lowest BCUT2D eigenvalue weighted by Crippen LogP contribution is -2.29. The van der Waals surface area contributed by atoms with E-state index < -0.39 is 6.10 Å². The molecule has 0 aromatic carbocycles. The van der Waals surface area contributed by atoms with Crippen LogP contribution < -0.4 is 16.4 Å². The van der Waals surface area contributed by atoms with Crippen molar-refractivity contribution in [1.29, 1.82) is 0 Å². The number of nitrogens with two attached hydrogens (primary N) is 2. The number of thiazole rings is 1. The van der Waals surface area contributed by atoms with Gasteiger partial charge in [0.2, 0.25) is 0 Å². The Bertz CT molecular complexity index is 505. The molecule has 8 heteroatoms. The van der Waals surface area contributed by atoms with Crippen LogP contribution in [0, 0.1) is 0 Å². The van der Waals surface area contributed by atoms with Crippen LogP contribution in [-0.2, 0) is 0 Å². The molecular weight excluding hydrogens is 290 g/mol. The van der Waals surface area contributed by atoms with Crippen molar-refractivity contribution in [2.75, 3.05) is 37.3 Å². The van der Waals surface area contributed by atoms with E-state index in [-0.39, 0.29) is 17.8 Å². The lowest BCUT2D eigenvalue weighted by Gasteiger charge is -2.17. The summed E-state index contributed by atoms with van der Waals surface area (Å²) in [6, 6.07) is 0.156. The summed E-state index contributed by atoms with van der Waals surface area (Å²) < 4.78 is 0. The first kappa shape index (κ1) is 16.0. The zero-order chi connectivity index (χ0) is 15.6. The Morgan fingerprint density at radius 2 is 2.38 bits per heavy atom. The van der Waals surface area contributed by atoms with Crippen molar-refractivity contribution in [2.24, 2.45) is 5.73 Å². The number of aliphatic hydroxyl groups is 1. The number of anilines is 2. The van der Waals surface area contributed by atoms with Crippen molar-refractivity contribution in [3.05, 3.63) is 4.88 Å². The molecule has 1 saturated heterocycles. The van der Waals surface area contributed by atoms with Crippen LogP contribution in [0.15, 0.2) is 0 Å². The van der Waals surface area contributed by atoms with Gasteiger partial charge in [0.05, 0.1) is 6.10 Å². The highest BCUT2D eigenvalue weighted by molar-refractivity contribution is 7.18. The molecule has 2 rings (SSSR count). The van der Waals surface area contributed by atoms with E-state index >= 15 is 0 Å². The van der Waals surface area contributed by atoms with Crippen molar-refractivity contribution in [2.45, 2.75) is 31.9 Å². The first-order valence-corrected chi connectivity index (χ1v) is 7.90. The Morgan fingerprint density at radius 1 is 1.67 bits per heavy atom. The number of carbonyl (C=O) groups excluding carboxylic acids is 1. The van der Waals surface area contributed by atoms with Gasteiger partial charge in [0.1, 0.15) is 10.7 Å². The number of aliphatic hydroxyl groups excluding tert-OH is 1. The van der Waals surface area contributed by atoms with Gasteiger partial charge in [0.15, 0.2) is 5.13 Å². The molecule has 21 heavy (non-hydrogen) atoms. The van der Waals surface area contributed by atoms with E-state index in [4.69, 9.17) is 11.5 Å². The summed E-state index contributed by atoms with van der Waals surface area (Å²) in [5.74, 6) is 0.116. The van der Waals surface area contributed by atoms with Crippen LogP contribution in [-0.4, -0.2) is 59.7 Å². The van der Waals surface area contributed by atoms with Crippen molar-refractivity contribution < 1.29 is 9.90 Å². The average Bonchev–Trinajstić information content (AvgIpc) is 3.01. The minimum absolute atomic E-state index is 0.152. The molecule has 2 heterocycles. The lowest BCUT2D eigenvalue weighted by atomic mass is 10.2. The highest BCUT2D eigenvalue weighted by atomic mass is 32.1. The van der Waals surface area contributed by atoms with Gasteiger partial charge in [-0.05, 0) is 19.8 Å². The summed E-state index contributed by atoms with van der Waals surface area (Å²) in [4.78, 5) is 20.7. The maximum absolute atomic E-state index is 12.4. The monoisotopic (exact) mass is 313 g/mol.